The molecule has 1 aliphatic rings. The van der Waals surface area contributed by atoms with Crippen LogP contribution in [0.5, 0.6) is 0 Å². The Hall–Kier alpha value is -4.39. The number of carbonyl (C=O) groups excluding carboxylic acids is 2. The van der Waals surface area contributed by atoms with Crippen LogP contribution in [-0.4, -0.2) is 59.5 Å². The number of amides is 1. The predicted molar refractivity (Wildman–Crippen MR) is 130 cm³/mol. The fourth-order valence-electron chi connectivity index (χ4n) is 3.87. The molecule has 3 heterocycles. The lowest BCUT2D eigenvalue weighted by Gasteiger charge is -2.35. The Morgan fingerprint density at radius 2 is 1.76 bits per heavy atom. The second kappa shape index (κ2) is 11.1. The van der Waals surface area contributed by atoms with Gasteiger partial charge in [0, 0.05) is 44.1 Å². The Morgan fingerprint density at radius 1 is 1.00 bits per heavy atom. The maximum absolute atomic E-state index is 13.3. The van der Waals surface area contributed by atoms with Gasteiger partial charge in [-0.3, -0.25) is 9.78 Å². The number of benzene rings is 1. The zero-order valence-corrected chi connectivity index (χ0v) is 20.0. The number of anilines is 1. The van der Waals surface area contributed by atoms with Gasteiger partial charge in [-0.05, 0) is 43.2 Å². The molecule has 190 valence electrons. The largest absolute Gasteiger partial charge is 0.462 e. The van der Waals surface area contributed by atoms with Crippen molar-refractivity contribution in [1.29, 1.82) is 0 Å². The van der Waals surface area contributed by atoms with Crippen LogP contribution in [-0.2, 0) is 10.9 Å². The standard InChI is InChI=1S/C27H23F3N4O3/c1-2-37-26(36)20-16-19(17-31-18-20)10-11-21-6-5-9-24(32-21)33-12-14-34(15-13-33)25(35)22-7-3-4-8-23(22)27(28,29)30/h3-9,16-18H,2,12-15H2,1H3. The minimum absolute atomic E-state index is 0.259. The first-order valence-electron chi connectivity index (χ1n) is 11.6. The minimum atomic E-state index is -4.60. The number of carbonyl (C=O) groups is 2. The minimum Gasteiger partial charge on any atom is -0.462 e. The van der Waals surface area contributed by atoms with Crippen molar-refractivity contribution in [3.63, 3.8) is 0 Å². The summed E-state index contributed by atoms with van der Waals surface area (Å²) in [6.45, 7) is 3.32. The van der Waals surface area contributed by atoms with Gasteiger partial charge in [0.05, 0.1) is 23.3 Å². The van der Waals surface area contributed by atoms with Gasteiger partial charge in [0.25, 0.3) is 5.91 Å². The van der Waals surface area contributed by atoms with E-state index in [9.17, 15) is 22.8 Å². The van der Waals surface area contributed by atoms with E-state index in [1.165, 1.54) is 35.5 Å². The molecule has 0 bridgehead atoms. The first-order valence-corrected chi connectivity index (χ1v) is 11.6. The zero-order chi connectivity index (χ0) is 26.4. The number of pyridine rings is 2. The van der Waals surface area contributed by atoms with Crippen LogP contribution in [0.2, 0.25) is 0 Å². The van der Waals surface area contributed by atoms with Crippen LogP contribution >= 0.6 is 0 Å². The number of piperazine rings is 1. The molecule has 0 radical (unpaired) electrons. The van der Waals surface area contributed by atoms with Gasteiger partial charge in [-0.15, -0.1) is 0 Å². The summed E-state index contributed by atoms with van der Waals surface area (Å²) in [6, 6.07) is 11.8. The first-order chi connectivity index (χ1) is 17.8. The lowest BCUT2D eigenvalue weighted by Crippen LogP contribution is -2.49. The molecule has 0 saturated carbocycles. The first kappa shape index (κ1) is 25.7. The summed E-state index contributed by atoms with van der Waals surface area (Å²) in [6.07, 6.45) is -1.66. The normalized spacial score (nSPS) is 13.5. The molecule has 37 heavy (non-hydrogen) atoms. The third-order valence-electron chi connectivity index (χ3n) is 5.67. The van der Waals surface area contributed by atoms with Crippen molar-refractivity contribution in [3.8, 4) is 11.8 Å². The average molecular weight is 509 g/mol. The predicted octanol–water partition coefficient (Wildman–Crippen LogP) is 4.03. The Balaban J connectivity index is 1.43. The molecule has 0 aliphatic carbocycles. The van der Waals surface area contributed by atoms with Crippen molar-refractivity contribution < 1.29 is 27.5 Å². The molecule has 7 nitrogen and oxygen atoms in total. The highest BCUT2D eigenvalue weighted by Crippen LogP contribution is 2.32. The molecule has 0 spiro atoms. The third kappa shape index (κ3) is 6.25. The highest BCUT2D eigenvalue weighted by atomic mass is 19.4. The van der Waals surface area contributed by atoms with E-state index in [0.29, 0.717) is 35.7 Å². The molecular formula is C27H23F3N4O3. The van der Waals surface area contributed by atoms with Crippen molar-refractivity contribution in [2.45, 2.75) is 13.1 Å². The van der Waals surface area contributed by atoms with Gasteiger partial charge in [-0.25, -0.2) is 9.78 Å². The average Bonchev–Trinajstić information content (AvgIpc) is 2.91. The van der Waals surface area contributed by atoms with Crippen LogP contribution in [0.25, 0.3) is 0 Å². The molecule has 1 aromatic carbocycles. The summed E-state index contributed by atoms with van der Waals surface area (Å²) >= 11 is 0. The maximum atomic E-state index is 13.3. The van der Waals surface area contributed by atoms with E-state index in [2.05, 4.69) is 21.8 Å². The summed E-state index contributed by atoms with van der Waals surface area (Å²) < 4.78 is 45.0. The van der Waals surface area contributed by atoms with Crippen LogP contribution < -0.4 is 4.90 Å². The second-order valence-corrected chi connectivity index (χ2v) is 8.14. The Morgan fingerprint density at radius 3 is 2.49 bits per heavy atom. The topological polar surface area (TPSA) is 75.6 Å². The molecule has 0 atom stereocenters. The summed E-state index contributed by atoms with van der Waals surface area (Å²) in [5.41, 5.74) is 0.0556. The molecular weight excluding hydrogens is 485 g/mol. The van der Waals surface area contributed by atoms with E-state index in [-0.39, 0.29) is 25.3 Å². The zero-order valence-electron chi connectivity index (χ0n) is 20.0. The summed E-state index contributed by atoms with van der Waals surface area (Å²) in [4.78, 5) is 36.7. The highest BCUT2D eigenvalue weighted by molar-refractivity contribution is 5.96. The number of hydrogen-bond donors (Lipinski definition) is 0. The van der Waals surface area contributed by atoms with E-state index < -0.39 is 23.6 Å². The molecule has 0 unspecified atom stereocenters. The number of nitrogens with zero attached hydrogens (tertiary/aromatic N) is 4. The monoisotopic (exact) mass is 508 g/mol. The Labute approximate surface area is 211 Å². The van der Waals surface area contributed by atoms with Crippen LogP contribution in [0, 0.1) is 11.8 Å². The van der Waals surface area contributed by atoms with E-state index in [1.54, 1.807) is 25.1 Å². The Kier molecular flexibility index (Phi) is 7.72. The van der Waals surface area contributed by atoms with Crippen molar-refractivity contribution >= 4 is 17.7 Å². The van der Waals surface area contributed by atoms with Gasteiger partial charge < -0.3 is 14.5 Å². The number of halogens is 3. The summed E-state index contributed by atoms with van der Waals surface area (Å²) in [7, 11) is 0. The van der Waals surface area contributed by atoms with Gasteiger partial charge in [0.2, 0.25) is 0 Å². The Bertz CT molecular complexity index is 1360. The number of ether oxygens (including phenoxy) is 1. The molecule has 1 fully saturated rings. The molecule has 3 aromatic rings. The van der Waals surface area contributed by atoms with Gasteiger partial charge in [-0.1, -0.05) is 24.1 Å². The molecule has 10 heteroatoms. The van der Waals surface area contributed by atoms with Crippen molar-refractivity contribution in [2.24, 2.45) is 0 Å². The van der Waals surface area contributed by atoms with Crippen molar-refractivity contribution in [1.82, 2.24) is 14.9 Å². The van der Waals surface area contributed by atoms with Crippen molar-refractivity contribution in [3.05, 3.63) is 88.9 Å². The number of alkyl halides is 3. The number of esters is 1. The molecule has 0 N–H and O–H groups in total. The summed E-state index contributed by atoms with van der Waals surface area (Å²) in [5.74, 6) is 5.43. The quantitative estimate of drug-likeness (QED) is 0.391. The van der Waals surface area contributed by atoms with Crippen LogP contribution in [0.3, 0.4) is 0 Å². The number of hydrogen-bond acceptors (Lipinski definition) is 6. The fraction of sp³-hybridized carbons (Fsp3) is 0.259. The van der Waals surface area contributed by atoms with Crippen LogP contribution in [0.4, 0.5) is 19.0 Å². The van der Waals surface area contributed by atoms with E-state index >= 15 is 0 Å². The molecule has 1 amide bonds. The fourth-order valence-corrected chi connectivity index (χ4v) is 3.87. The van der Waals surface area contributed by atoms with Gasteiger partial charge in [0.15, 0.2) is 0 Å². The van der Waals surface area contributed by atoms with Gasteiger partial charge in [-0.2, -0.15) is 13.2 Å². The van der Waals surface area contributed by atoms with Crippen LogP contribution in [0.15, 0.2) is 60.9 Å². The highest BCUT2D eigenvalue weighted by Gasteiger charge is 2.36. The lowest BCUT2D eigenvalue weighted by atomic mass is 10.1. The third-order valence-corrected chi connectivity index (χ3v) is 5.67. The molecule has 2 aromatic heterocycles. The van der Waals surface area contributed by atoms with Gasteiger partial charge >= 0.3 is 12.1 Å². The molecule has 1 saturated heterocycles. The number of rotatable bonds is 4. The van der Waals surface area contributed by atoms with Gasteiger partial charge in [0.1, 0.15) is 11.5 Å². The molecule has 4 rings (SSSR count). The lowest BCUT2D eigenvalue weighted by molar-refractivity contribution is -0.138. The smallest absolute Gasteiger partial charge is 0.417 e. The van der Waals surface area contributed by atoms with E-state index in [0.717, 1.165) is 6.07 Å². The van der Waals surface area contributed by atoms with Crippen LogP contribution in [0.1, 0.15) is 44.5 Å². The van der Waals surface area contributed by atoms with Crippen molar-refractivity contribution in [2.75, 3.05) is 37.7 Å². The number of aromatic nitrogens is 2. The maximum Gasteiger partial charge on any atom is 0.417 e. The van der Waals surface area contributed by atoms with E-state index in [1.807, 2.05) is 11.0 Å². The SMILES string of the molecule is CCOC(=O)c1cncc(C#Cc2cccc(N3CCN(C(=O)c4ccccc4C(F)(F)F)CC3)n2)c1. The molecule has 1 aliphatic heterocycles. The second-order valence-electron chi connectivity index (χ2n) is 8.14. The van der Waals surface area contributed by atoms with E-state index in [4.69, 9.17) is 4.74 Å². The summed E-state index contributed by atoms with van der Waals surface area (Å²) in [5, 5.41) is 0.